The summed E-state index contributed by atoms with van der Waals surface area (Å²) in [5.74, 6) is 0.200. The first-order valence-electron chi connectivity index (χ1n) is 8.16. The standard InChI is InChI=1S/C19H24N2O5S/c1-12-7-13(2)9-14(8-12)20-19(22)15-10-17(25-4)18(26-5)11-16(15)21(3)27(6,23)24/h7-11H,1-6H3,(H,20,22). The number of amides is 1. The summed E-state index contributed by atoms with van der Waals surface area (Å²) in [6.45, 7) is 3.86. The molecule has 0 aromatic heterocycles. The van der Waals surface area contributed by atoms with Crippen molar-refractivity contribution in [3.05, 3.63) is 47.0 Å². The van der Waals surface area contributed by atoms with Crippen LogP contribution in [0.3, 0.4) is 0 Å². The molecule has 0 unspecified atom stereocenters. The molecule has 2 aromatic carbocycles. The number of rotatable bonds is 6. The second kappa shape index (κ2) is 7.87. The van der Waals surface area contributed by atoms with Gasteiger partial charge in [0.1, 0.15) is 0 Å². The number of carbonyl (C=O) groups excluding carboxylic acids is 1. The molecule has 0 spiro atoms. The van der Waals surface area contributed by atoms with Gasteiger partial charge in [0.25, 0.3) is 5.91 Å². The van der Waals surface area contributed by atoms with Crippen molar-refractivity contribution in [1.29, 1.82) is 0 Å². The Balaban J connectivity index is 2.56. The first-order chi connectivity index (χ1) is 12.6. The number of benzene rings is 2. The van der Waals surface area contributed by atoms with Crippen molar-refractivity contribution in [2.75, 3.05) is 37.1 Å². The number of methoxy groups -OCH3 is 2. The zero-order chi connectivity index (χ0) is 20.4. The molecular formula is C19H24N2O5S. The van der Waals surface area contributed by atoms with Gasteiger partial charge in [-0.05, 0) is 43.2 Å². The van der Waals surface area contributed by atoms with Crippen molar-refractivity contribution >= 4 is 27.3 Å². The Bertz CT molecular complexity index is 950. The number of anilines is 2. The van der Waals surface area contributed by atoms with E-state index in [0.29, 0.717) is 17.2 Å². The first-order valence-corrected chi connectivity index (χ1v) is 10.0. The third-order valence-corrected chi connectivity index (χ3v) is 5.25. The first kappa shape index (κ1) is 20.6. The zero-order valence-corrected chi connectivity index (χ0v) is 17.1. The maximum atomic E-state index is 12.9. The fourth-order valence-electron chi connectivity index (χ4n) is 2.73. The predicted octanol–water partition coefficient (Wildman–Crippen LogP) is 2.97. The highest BCUT2D eigenvalue weighted by Crippen LogP contribution is 2.36. The van der Waals surface area contributed by atoms with E-state index in [0.717, 1.165) is 21.7 Å². The minimum atomic E-state index is -3.59. The molecule has 2 aromatic rings. The summed E-state index contributed by atoms with van der Waals surface area (Å²) >= 11 is 0. The van der Waals surface area contributed by atoms with Crippen LogP contribution in [0.1, 0.15) is 21.5 Å². The van der Waals surface area contributed by atoms with Gasteiger partial charge in [0.2, 0.25) is 10.0 Å². The second-order valence-electron chi connectivity index (χ2n) is 6.29. The number of nitrogens with one attached hydrogen (secondary N) is 1. The van der Waals surface area contributed by atoms with Crippen LogP contribution in [0.5, 0.6) is 11.5 Å². The molecule has 7 nitrogen and oxygen atoms in total. The summed E-state index contributed by atoms with van der Waals surface area (Å²) in [5.41, 5.74) is 2.98. The molecule has 0 aliphatic heterocycles. The molecule has 1 N–H and O–H groups in total. The Hall–Kier alpha value is -2.74. The number of nitrogens with zero attached hydrogens (tertiary/aromatic N) is 1. The Labute approximate surface area is 160 Å². The Kier molecular flexibility index (Phi) is 6.00. The van der Waals surface area contributed by atoms with Crippen LogP contribution in [0.15, 0.2) is 30.3 Å². The van der Waals surface area contributed by atoms with E-state index in [-0.39, 0.29) is 11.3 Å². The third kappa shape index (κ3) is 4.71. The highest BCUT2D eigenvalue weighted by Gasteiger charge is 2.23. The van der Waals surface area contributed by atoms with Gasteiger partial charge in [-0.1, -0.05) is 6.07 Å². The summed E-state index contributed by atoms with van der Waals surface area (Å²) in [7, 11) is 0.683. The molecule has 0 heterocycles. The molecule has 0 bridgehead atoms. The highest BCUT2D eigenvalue weighted by molar-refractivity contribution is 7.92. The molecule has 0 atom stereocenters. The average Bonchev–Trinajstić information content (AvgIpc) is 2.58. The van der Waals surface area contributed by atoms with Crippen molar-refractivity contribution in [2.24, 2.45) is 0 Å². The van der Waals surface area contributed by atoms with Crippen LogP contribution in [0.4, 0.5) is 11.4 Å². The van der Waals surface area contributed by atoms with Crippen molar-refractivity contribution in [3.63, 3.8) is 0 Å². The number of aryl methyl sites for hydroxylation is 2. The minimum absolute atomic E-state index is 0.153. The SMILES string of the molecule is COc1cc(C(=O)Nc2cc(C)cc(C)c2)c(N(C)S(C)(=O)=O)cc1OC. The van der Waals surface area contributed by atoms with E-state index in [1.807, 2.05) is 32.0 Å². The number of carbonyl (C=O) groups is 1. The number of sulfonamides is 1. The van der Waals surface area contributed by atoms with Gasteiger partial charge >= 0.3 is 0 Å². The maximum absolute atomic E-state index is 12.9. The number of hydrogen-bond donors (Lipinski definition) is 1. The predicted molar refractivity (Wildman–Crippen MR) is 107 cm³/mol. The van der Waals surface area contributed by atoms with Crippen molar-refractivity contribution in [1.82, 2.24) is 0 Å². The maximum Gasteiger partial charge on any atom is 0.257 e. The monoisotopic (exact) mass is 392 g/mol. The number of hydrogen-bond acceptors (Lipinski definition) is 5. The Morgan fingerprint density at radius 2 is 1.48 bits per heavy atom. The van der Waals surface area contributed by atoms with Crippen LogP contribution >= 0.6 is 0 Å². The van der Waals surface area contributed by atoms with Gasteiger partial charge in [0, 0.05) is 18.8 Å². The second-order valence-corrected chi connectivity index (χ2v) is 8.30. The minimum Gasteiger partial charge on any atom is -0.493 e. The van der Waals surface area contributed by atoms with E-state index in [4.69, 9.17) is 9.47 Å². The summed E-state index contributed by atoms with van der Waals surface area (Å²) in [5, 5.41) is 2.82. The van der Waals surface area contributed by atoms with E-state index in [1.165, 1.54) is 33.4 Å². The molecule has 0 radical (unpaired) electrons. The summed E-state index contributed by atoms with van der Waals surface area (Å²) in [6.07, 6.45) is 1.06. The van der Waals surface area contributed by atoms with Crippen molar-refractivity contribution < 1.29 is 22.7 Å². The lowest BCUT2D eigenvalue weighted by molar-refractivity contribution is 0.102. The van der Waals surface area contributed by atoms with Crippen LogP contribution in [-0.4, -0.2) is 41.8 Å². The molecular weight excluding hydrogens is 368 g/mol. The summed E-state index contributed by atoms with van der Waals surface area (Å²) in [4.78, 5) is 12.9. The molecule has 0 saturated heterocycles. The van der Waals surface area contributed by atoms with Crippen LogP contribution in [0, 0.1) is 13.8 Å². The van der Waals surface area contributed by atoms with Gasteiger partial charge in [0.05, 0.1) is 31.7 Å². The van der Waals surface area contributed by atoms with Crippen LogP contribution < -0.4 is 19.1 Å². The fraction of sp³-hybridized carbons (Fsp3) is 0.316. The van der Waals surface area contributed by atoms with Gasteiger partial charge < -0.3 is 14.8 Å². The van der Waals surface area contributed by atoms with E-state index >= 15 is 0 Å². The fourth-order valence-corrected chi connectivity index (χ4v) is 3.24. The van der Waals surface area contributed by atoms with Crippen molar-refractivity contribution in [3.8, 4) is 11.5 Å². The summed E-state index contributed by atoms with van der Waals surface area (Å²) in [6, 6.07) is 8.61. The lowest BCUT2D eigenvalue weighted by Gasteiger charge is -2.22. The summed E-state index contributed by atoms with van der Waals surface area (Å²) < 4.78 is 35.6. The topological polar surface area (TPSA) is 84.9 Å². The van der Waals surface area contributed by atoms with Gasteiger partial charge in [-0.15, -0.1) is 0 Å². The van der Waals surface area contributed by atoms with Gasteiger partial charge in [-0.3, -0.25) is 9.10 Å². The van der Waals surface area contributed by atoms with Gasteiger partial charge in [-0.25, -0.2) is 8.42 Å². The highest BCUT2D eigenvalue weighted by atomic mass is 32.2. The van der Waals surface area contributed by atoms with Crippen LogP contribution in [0.25, 0.3) is 0 Å². The molecule has 0 saturated carbocycles. The third-order valence-electron chi connectivity index (χ3n) is 4.06. The van der Waals surface area contributed by atoms with Crippen LogP contribution in [0.2, 0.25) is 0 Å². The number of ether oxygens (including phenoxy) is 2. The molecule has 0 aliphatic rings. The molecule has 0 fully saturated rings. The normalized spacial score (nSPS) is 11.0. The van der Waals surface area contributed by atoms with E-state index < -0.39 is 15.9 Å². The van der Waals surface area contributed by atoms with E-state index in [2.05, 4.69) is 5.32 Å². The van der Waals surface area contributed by atoms with Gasteiger partial charge in [0.15, 0.2) is 11.5 Å². The largest absolute Gasteiger partial charge is 0.493 e. The average molecular weight is 392 g/mol. The van der Waals surface area contributed by atoms with Gasteiger partial charge in [-0.2, -0.15) is 0 Å². The zero-order valence-electron chi connectivity index (χ0n) is 16.3. The molecule has 146 valence electrons. The molecule has 0 aliphatic carbocycles. The van der Waals surface area contributed by atoms with E-state index in [1.54, 1.807) is 0 Å². The quantitative estimate of drug-likeness (QED) is 0.817. The lowest BCUT2D eigenvalue weighted by atomic mass is 10.1. The Morgan fingerprint density at radius 1 is 0.963 bits per heavy atom. The molecule has 27 heavy (non-hydrogen) atoms. The Morgan fingerprint density at radius 3 is 1.96 bits per heavy atom. The lowest BCUT2D eigenvalue weighted by Crippen LogP contribution is -2.28. The molecule has 2 rings (SSSR count). The van der Waals surface area contributed by atoms with Crippen LogP contribution in [-0.2, 0) is 10.0 Å². The molecule has 1 amide bonds. The molecule has 8 heteroatoms. The van der Waals surface area contributed by atoms with Crippen molar-refractivity contribution in [2.45, 2.75) is 13.8 Å². The smallest absolute Gasteiger partial charge is 0.257 e. The van der Waals surface area contributed by atoms with E-state index in [9.17, 15) is 13.2 Å².